The SMILES string of the molecule is C/C=C\N=C(N)COC. The van der Waals surface area contributed by atoms with Gasteiger partial charge in [-0.25, -0.2) is 4.99 Å². The molecule has 0 amide bonds. The summed E-state index contributed by atoms with van der Waals surface area (Å²) in [6, 6.07) is 0. The van der Waals surface area contributed by atoms with Gasteiger partial charge in [0.25, 0.3) is 0 Å². The lowest BCUT2D eigenvalue weighted by Gasteiger charge is -1.93. The minimum Gasteiger partial charge on any atom is -0.385 e. The minimum atomic E-state index is 0.393. The Morgan fingerprint density at radius 1 is 1.78 bits per heavy atom. The van der Waals surface area contributed by atoms with E-state index in [2.05, 4.69) is 4.99 Å². The molecule has 0 aromatic carbocycles. The molecule has 0 saturated heterocycles. The zero-order valence-electron chi connectivity index (χ0n) is 5.79. The molecule has 0 unspecified atom stereocenters. The van der Waals surface area contributed by atoms with Gasteiger partial charge in [0.15, 0.2) is 0 Å². The topological polar surface area (TPSA) is 47.6 Å². The molecule has 0 fully saturated rings. The van der Waals surface area contributed by atoms with Crippen LogP contribution in [-0.2, 0) is 4.74 Å². The summed E-state index contributed by atoms with van der Waals surface area (Å²) in [6.07, 6.45) is 3.44. The van der Waals surface area contributed by atoms with Crippen LogP contribution in [0.4, 0.5) is 0 Å². The standard InChI is InChI=1S/C6H12N2O/c1-3-4-8-6(7)5-9-2/h3-4H,5H2,1-2H3,(H2,7,8)/b4-3-. The molecule has 0 radical (unpaired) electrons. The maximum absolute atomic E-state index is 5.34. The second-order valence-electron chi connectivity index (χ2n) is 1.54. The first kappa shape index (κ1) is 8.17. The van der Waals surface area contributed by atoms with Crippen molar-refractivity contribution in [2.24, 2.45) is 10.7 Å². The number of ether oxygens (including phenoxy) is 1. The molecule has 0 rings (SSSR count). The number of amidine groups is 1. The molecule has 52 valence electrons. The molecule has 0 aromatic rings. The van der Waals surface area contributed by atoms with Crippen molar-refractivity contribution in [3.63, 3.8) is 0 Å². The molecular formula is C6H12N2O. The average Bonchev–Trinajstić information content (AvgIpc) is 1.85. The number of allylic oxidation sites excluding steroid dienone is 1. The van der Waals surface area contributed by atoms with E-state index in [9.17, 15) is 0 Å². The highest BCUT2D eigenvalue weighted by molar-refractivity contribution is 5.82. The second kappa shape index (κ2) is 5.31. The van der Waals surface area contributed by atoms with Crippen LogP contribution in [0.15, 0.2) is 17.3 Å². The molecule has 3 heteroatoms. The van der Waals surface area contributed by atoms with Crippen molar-refractivity contribution in [2.75, 3.05) is 13.7 Å². The summed E-state index contributed by atoms with van der Waals surface area (Å²) >= 11 is 0. The molecule has 0 aliphatic heterocycles. The molecule has 0 heterocycles. The van der Waals surface area contributed by atoms with Crippen molar-refractivity contribution in [3.8, 4) is 0 Å². The van der Waals surface area contributed by atoms with Crippen LogP contribution in [0.25, 0.3) is 0 Å². The quantitative estimate of drug-likeness (QED) is 0.445. The Balaban J connectivity index is 3.55. The van der Waals surface area contributed by atoms with E-state index < -0.39 is 0 Å². The van der Waals surface area contributed by atoms with Gasteiger partial charge in [-0.15, -0.1) is 0 Å². The van der Waals surface area contributed by atoms with E-state index >= 15 is 0 Å². The van der Waals surface area contributed by atoms with E-state index in [0.29, 0.717) is 12.4 Å². The molecule has 0 aromatic heterocycles. The van der Waals surface area contributed by atoms with Gasteiger partial charge in [-0.1, -0.05) is 6.08 Å². The summed E-state index contributed by atoms with van der Waals surface area (Å²) in [5.41, 5.74) is 5.34. The Morgan fingerprint density at radius 2 is 2.44 bits per heavy atom. The van der Waals surface area contributed by atoms with Gasteiger partial charge in [0.1, 0.15) is 12.4 Å². The van der Waals surface area contributed by atoms with Crippen LogP contribution in [0, 0.1) is 0 Å². The van der Waals surface area contributed by atoms with E-state index in [0.717, 1.165) is 0 Å². The molecule has 9 heavy (non-hydrogen) atoms. The van der Waals surface area contributed by atoms with E-state index in [-0.39, 0.29) is 0 Å². The Kier molecular flexibility index (Phi) is 4.82. The lowest BCUT2D eigenvalue weighted by Crippen LogP contribution is -2.17. The van der Waals surface area contributed by atoms with Crippen molar-refractivity contribution in [3.05, 3.63) is 12.3 Å². The van der Waals surface area contributed by atoms with Gasteiger partial charge in [0.05, 0.1) is 0 Å². The summed E-state index contributed by atoms with van der Waals surface area (Å²) in [5, 5.41) is 0. The number of hydrogen-bond acceptors (Lipinski definition) is 2. The van der Waals surface area contributed by atoms with Crippen LogP contribution < -0.4 is 5.73 Å². The van der Waals surface area contributed by atoms with Gasteiger partial charge in [0, 0.05) is 13.3 Å². The van der Waals surface area contributed by atoms with Crippen molar-refractivity contribution >= 4 is 5.84 Å². The molecular weight excluding hydrogens is 116 g/mol. The third-order valence-corrected chi connectivity index (χ3v) is 0.682. The van der Waals surface area contributed by atoms with Crippen LogP contribution in [0.2, 0.25) is 0 Å². The largest absolute Gasteiger partial charge is 0.385 e. The van der Waals surface area contributed by atoms with E-state index in [1.807, 2.05) is 13.0 Å². The monoisotopic (exact) mass is 128 g/mol. The van der Waals surface area contributed by atoms with Gasteiger partial charge in [-0.3, -0.25) is 0 Å². The summed E-state index contributed by atoms with van der Waals surface area (Å²) in [5.74, 6) is 0.496. The number of rotatable bonds is 3. The number of aliphatic imine (C=N–C) groups is 1. The fraction of sp³-hybridized carbons (Fsp3) is 0.500. The van der Waals surface area contributed by atoms with Crippen molar-refractivity contribution in [2.45, 2.75) is 6.92 Å². The lowest BCUT2D eigenvalue weighted by molar-refractivity contribution is 0.244. The maximum atomic E-state index is 5.34. The third kappa shape index (κ3) is 5.03. The fourth-order valence-corrected chi connectivity index (χ4v) is 0.355. The zero-order chi connectivity index (χ0) is 7.11. The Bertz CT molecular complexity index is 118. The van der Waals surface area contributed by atoms with Crippen LogP contribution in [0.5, 0.6) is 0 Å². The third-order valence-electron chi connectivity index (χ3n) is 0.682. The van der Waals surface area contributed by atoms with Gasteiger partial charge in [-0.05, 0) is 6.92 Å². The Morgan fingerprint density at radius 3 is 2.89 bits per heavy atom. The summed E-state index contributed by atoms with van der Waals surface area (Å²) in [6.45, 7) is 2.27. The molecule has 2 N–H and O–H groups in total. The molecule has 0 aliphatic carbocycles. The summed E-state index contributed by atoms with van der Waals surface area (Å²) < 4.78 is 4.71. The first-order chi connectivity index (χ1) is 4.31. The highest BCUT2D eigenvalue weighted by Gasteiger charge is 1.83. The van der Waals surface area contributed by atoms with Gasteiger partial charge in [-0.2, -0.15) is 0 Å². The Labute approximate surface area is 55.2 Å². The normalized spacial score (nSPS) is 12.9. The molecule has 0 bridgehead atoms. The van der Waals surface area contributed by atoms with Crippen LogP contribution in [0.1, 0.15) is 6.92 Å². The first-order valence-corrected chi connectivity index (χ1v) is 2.73. The number of hydrogen-bond donors (Lipinski definition) is 1. The summed E-state index contributed by atoms with van der Waals surface area (Å²) in [7, 11) is 1.58. The van der Waals surface area contributed by atoms with Crippen molar-refractivity contribution in [1.29, 1.82) is 0 Å². The van der Waals surface area contributed by atoms with Gasteiger partial charge < -0.3 is 10.5 Å². The lowest BCUT2D eigenvalue weighted by atomic mass is 10.6. The Hall–Kier alpha value is -0.830. The predicted octanol–water partition coefficient (Wildman–Crippen LogP) is 0.524. The van der Waals surface area contributed by atoms with Gasteiger partial charge in [0.2, 0.25) is 0 Å². The van der Waals surface area contributed by atoms with Crippen LogP contribution >= 0.6 is 0 Å². The van der Waals surface area contributed by atoms with E-state index in [1.54, 1.807) is 13.3 Å². The fourth-order valence-electron chi connectivity index (χ4n) is 0.355. The van der Waals surface area contributed by atoms with Crippen molar-refractivity contribution < 1.29 is 4.74 Å². The van der Waals surface area contributed by atoms with Crippen LogP contribution in [-0.4, -0.2) is 19.6 Å². The maximum Gasteiger partial charge on any atom is 0.125 e. The highest BCUT2D eigenvalue weighted by Crippen LogP contribution is 1.75. The molecule has 0 aliphatic rings. The highest BCUT2D eigenvalue weighted by atomic mass is 16.5. The molecule has 0 spiro atoms. The molecule has 0 atom stereocenters. The smallest absolute Gasteiger partial charge is 0.125 e. The second-order valence-corrected chi connectivity index (χ2v) is 1.54. The number of nitrogens with zero attached hydrogens (tertiary/aromatic N) is 1. The number of methoxy groups -OCH3 is 1. The number of nitrogens with two attached hydrogens (primary N) is 1. The minimum absolute atomic E-state index is 0.393. The van der Waals surface area contributed by atoms with E-state index in [4.69, 9.17) is 10.5 Å². The summed E-state index contributed by atoms with van der Waals surface area (Å²) in [4.78, 5) is 3.82. The van der Waals surface area contributed by atoms with Crippen molar-refractivity contribution in [1.82, 2.24) is 0 Å². The van der Waals surface area contributed by atoms with Crippen LogP contribution in [0.3, 0.4) is 0 Å². The van der Waals surface area contributed by atoms with E-state index in [1.165, 1.54) is 0 Å². The zero-order valence-corrected chi connectivity index (χ0v) is 5.79. The molecule has 0 saturated carbocycles. The van der Waals surface area contributed by atoms with Gasteiger partial charge >= 0.3 is 0 Å². The average molecular weight is 128 g/mol. The predicted molar refractivity (Wildman–Crippen MR) is 38.3 cm³/mol. The first-order valence-electron chi connectivity index (χ1n) is 2.73. The molecule has 3 nitrogen and oxygen atoms in total.